The summed E-state index contributed by atoms with van der Waals surface area (Å²) in [6, 6.07) is 1.97. The van der Waals surface area contributed by atoms with Crippen LogP contribution in [0, 0.1) is 11.8 Å². The number of nitrogens with two attached hydrogens (primary N) is 1. The minimum atomic E-state index is -3.56. The third-order valence-corrected chi connectivity index (χ3v) is 7.54. The van der Waals surface area contributed by atoms with Crippen molar-refractivity contribution in [2.75, 3.05) is 0 Å². The fourth-order valence-corrected chi connectivity index (χ4v) is 6.15. The van der Waals surface area contributed by atoms with E-state index in [1.54, 1.807) is 6.20 Å². The third kappa shape index (κ3) is 3.12. The zero-order valence-corrected chi connectivity index (χ0v) is 16.5. The van der Waals surface area contributed by atoms with Gasteiger partial charge in [-0.05, 0) is 37.2 Å². The number of rotatable bonds is 6. The van der Waals surface area contributed by atoms with Crippen molar-refractivity contribution in [1.82, 2.24) is 24.6 Å². The molecule has 146 valence electrons. The number of aromatic amines is 1. The van der Waals surface area contributed by atoms with Gasteiger partial charge in [-0.2, -0.15) is 0 Å². The van der Waals surface area contributed by atoms with E-state index in [0.29, 0.717) is 18.0 Å². The lowest BCUT2D eigenvalue weighted by Crippen LogP contribution is -2.34. The second-order valence-electron chi connectivity index (χ2n) is 7.64. The van der Waals surface area contributed by atoms with Gasteiger partial charge in [0, 0.05) is 12.1 Å². The van der Waals surface area contributed by atoms with Crippen molar-refractivity contribution >= 4 is 26.8 Å². The van der Waals surface area contributed by atoms with E-state index in [2.05, 4.69) is 31.5 Å². The Labute approximate surface area is 158 Å². The van der Waals surface area contributed by atoms with Gasteiger partial charge in [0.05, 0.1) is 17.0 Å². The summed E-state index contributed by atoms with van der Waals surface area (Å²) in [5, 5.41) is 13.9. The number of hydrogen-bond donors (Lipinski definition) is 2. The first-order chi connectivity index (χ1) is 12.9. The van der Waals surface area contributed by atoms with E-state index in [4.69, 9.17) is 5.14 Å². The van der Waals surface area contributed by atoms with Gasteiger partial charge in [-0.1, -0.05) is 26.7 Å². The molecule has 0 amide bonds. The monoisotopic (exact) mass is 390 g/mol. The normalized spacial score (nSPS) is 24.8. The van der Waals surface area contributed by atoms with Crippen LogP contribution in [0.1, 0.15) is 57.7 Å². The van der Waals surface area contributed by atoms with Crippen LogP contribution in [0.2, 0.25) is 0 Å². The van der Waals surface area contributed by atoms with Crippen molar-refractivity contribution in [3.8, 4) is 0 Å². The maximum absolute atomic E-state index is 12.2. The van der Waals surface area contributed by atoms with E-state index in [1.165, 1.54) is 0 Å². The summed E-state index contributed by atoms with van der Waals surface area (Å²) in [7, 11) is -3.56. The van der Waals surface area contributed by atoms with Crippen LogP contribution < -0.4 is 5.14 Å². The highest BCUT2D eigenvalue weighted by molar-refractivity contribution is 7.89. The van der Waals surface area contributed by atoms with Gasteiger partial charge in [0.1, 0.15) is 5.82 Å². The van der Waals surface area contributed by atoms with E-state index in [9.17, 15) is 8.42 Å². The van der Waals surface area contributed by atoms with Gasteiger partial charge in [-0.15, -0.1) is 10.2 Å². The lowest BCUT2D eigenvalue weighted by Gasteiger charge is -2.21. The molecule has 1 fully saturated rings. The molecule has 0 radical (unpaired) electrons. The van der Waals surface area contributed by atoms with Gasteiger partial charge in [0.2, 0.25) is 10.0 Å². The minimum absolute atomic E-state index is 0.0609. The summed E-state index contributed by atoms with van der Waals surface area (Å²) < 4.78 is 26.4. The molecule has 3 N–H and O–H groups in total. The predicted molar refractivity (Wildman–Crippen MR) is 104 cm³/mol. The average Bonchev–Trinajstić information content (AvgIpc) is 3.33. The molecule has 1 aliphatic rings. The third-order valence-electron chi connectivity index (χ3n) is 6.08. The fraction of sp³-hybridized carbons (Fsp3) is 0.611. The lowest BCUT2D eigenvalue weighted by atomic mass is 9.93. The Kier molecular flexibility index (Phi) is 4.67. The maximum Gasteiger partial charge on any atom is 0.212 e. The molecule has 0 saturated heterocycles. The molecule has 3 aromatic heterocycles. The molecule has 4 atom stereocenters. The van der Waals surface area contributed by atoms with Crippen LogP contribution in [0.3, 0.4) is 0 Å². The van der Waals surface area contributed by atoms with Crippen LogP contribution in [0.4, 0.5) is 0 Å². The van der Waals surface area contributed by atoms with E-state index < -0.39 is 15.3 Å². The Balaban J connectivity index is 1.75. The van der Waals surface area contributed by atoms with E-state index in [0.717, 1.165) is 42.7 Å². The van der Waals surface area contributed by atoms with Crippen LogP contribution in [0.25, 0.3) is 16.8 Å². The SMILES string of the molecule is CCCC([C@H]1C[C@@H](CC)[C@@H](c2nnc3cnc4[nH]ccc4n23)C1)S(N)(=O)=O. The zero-order valence-electron chi connectivity index (χ0n) is 15.7. The van der Waals surface area contributed by atoms with Crippen molar-refractivity contribution in [2.24, 2.45) is 17.0 Å². The van der Waals surface area contributed by atoms with Gasteiger partial charge in [0.25, 0.3) is 0 Å². The zero-order chi connectivity index (χ0) is 19.2. The molecular formula is C18H26N6O2S. The number of hydrogen-bond acceptors (Lipinski definition) is 5. The number of nitrogens with zero attached hydrogens (tertiary/aromatic N) is 4. The molecule has 0 aromatic carbocycles. The van der Waals surface area contributed by atoms with Crippen LogP contribution in [-0.4, -0.2) is 38.2 Å². The first kappa shape index (κ1) is 18.4. The molecule has 1 unspecified atom stereocenters. The number of nitrogens with one attached hydrogen (secondary N) is 1. The highest BCUT2D eigenvalue weighted by Gasteiger charge is 2.43. The Hall–Kier alpha value is -2.00. The first-order valence-electron chi connectivity index (χ1n) is 9.62. The Morgan fingerprint density at radius 2 is 2.15 bits per heavy atom. The number of primary sulfonamides is 1. The Morgan fingerprint density at radius 1 is 1.33 bits per heavy atom. The number of sulfonamides is 1. The van der Waals surface area contributed by atoms with Crippen molar-refractivity contribution in [3.05, 3.63) is 24.3 Å². The molecule has 0 spiro atoms. The molecule has 27 heavy (non-hydrogen) atoms. The summed E-state index contributed by atoms with van der Waals surface area (Å²) in [5.74, 6) is 1.49. The van der Waals surface area contributed by atoms with E-state index >= 15 is 0 Å². The fourth-order valence-electron chi connectivity index (χ4n) is 4.83. The standard InChI is InChI=1S/C18H26N6O2S/c1-3-5-15(27(19,25)26)12-8-11(4-2)13(9-12)18-23-22-16-10-21-17-14(24(16)18)6-7-20-17/h6-7,10-13,15,20H,3-5,8-9H2,1-2H3,(H2,19,25,26)/t11-,12+,13+,15?/m1/s1. The molecular weight excluding hydrogens is 364 g/mol. The van der Waals surface area contributed by atoms with Crippen molar-refractivity contribution < 1.29 is 8.42 Å². The second kappa shape index (κ2) is 6.87. The average molecular weight is 391 g/mol. The van der Waals surface area contributed by atoms with Gasteiger partial charge in [0.15, 0.2) is 11.3 Å². The van der Waals surface area contributed by atoms with Crippen molar-refractivity contribution in [2.45, 2.75) is 57.1 Å². The van der Waals surface area contributed by atoms with Gasteiger partial charge in [-0.3, -0.25) is 4.40 Å². The summed E-state index contributed by atoms with van der Waals surface area (Å²) in [5.41, 5.74) is 2.45. The largest absolute Gasteiger partial charge is 0.345 e. The smallest absolute Gasteiger partial charge is 0.212 e. The van der Waals surface area contributed by atoms with E-state index in [-0.39, 0.29) is 11.8 Å². The van der Waals surface area contributed by atoms with Gasteiger partial charge in [-0.25, -0.2) is 18.5 Å². The number of H-pyrrole nitrogens is 1. The Bertz CT molecular complexity index is 1060. The van der Waals surface area contributed by atoms with Crippen LogP contribution in [0.15, 0.2) is 18.5 Å². The van der Waals surface area contributed by atoms with Crippen LogP contribution in [-0.2, 0) is 10.0 Å². The highest BCUT2D eigenvalue weighted by atomic mass is 32.2. The maximum atomic E-state index is 12.2. The number of fused-ring (bicyclic) bond motifs is 3. The summed E-state index contributed by atoms with van der Waals surface area (Å²) in [6.07, 6.45) is 7.59. The topological polar surface area (TPSA) is 119 Å². The summed E-state index contributed by atoms with van der Waals surface area (Å²) in [4.78, 5) is 7.50. The van der Waals surface area contributed by atoms with Crippen molar-refractivity contribution in [3.63, 3.8) is 0 Å². The predicted octanol–water partition coefficient (Wildman–Crippen LogP) is 2.58. The molecule has 1 aliphatic carbocycles. The van der Waals surface area contributed by atoms with Crippen LogP contribution in [0.5, 0.6) is 0 Å². The molecule has 3 heterocycles. The van der Waals surface area contributed by atoms with Gasteiger partial charge >= 0.3 is 0 Å². The van der Waals surface area contributed by atoms with Gasteiger partial charge < -0.3 is 4.98 Å². The molecule has 4 rings (SSSR count). The quantitative estimate of drug-likeness (QED) is 0.670. The first-order valence-corrected chi connectivity index (χ1v) is 11.2. The molecule has 0 bridgehead atoms. The molecule has 1 saturated carbocycles. The summed E-state index contributed by atoms with van der Waals surface area (Å²) in [6.45, 7) is 4.16. The molecule has 8 nitrogen and oxygen atoms in total. The Morgan fingerprint density at radius 3 is 2.85 bits per heavy atom. The second-order valence-corrected chi connectivity index (χ2v) is 9.43. The summed E-state index contributed by atoms with van der Waals surface area (Å²) >= 11 is 0. The lowest BCUT2D eigenvalue weighted by molar-refractivity contribution is 0.428. The minimum Gasteiger partial charge on any atom is -0.345 e. The molecule has 9 heteroatoms. The van der Waals surface area contributed by atoms with E-state index in [1.807, 2.05) is 19.2 Å². The number of aromatic nitrogens is 5. The van der Waals surface area contributed by atoms with Crippen molar-refractivity contribution in [1.29, 1.82) is 0 Å². The highest BCUT2D eigenvalue weighted by Crippen LogP contribution is 2.47. The molecule has 3 aromatic rings. The molecule has 0 aliphatic heterocycles. The van der Waals surface area contributed by atoms with Crippen LogP contribution >= 0.6 is 0 Å².